The minimum Gasteiger partial charge on any atom is -0.361 e. The molecule has 2 aromatic rings. The van der Waals surface area contributed by atoms with Gasteiger partial charge in [0.15, 0.2) is 0 Å². The molecular formula is C13H16N2. The second-order valence-electron chi connectivity index (χ2n) is 4.68. The molecule has 0 aliphatic heterocycles. The molecule has 2 heteroatoms. The number of hydrogen-bond donors (Lipinski definition) is 2. The van der Waals surface area contributed by atoms with Gasteiger partial charge in [-0.15, -0.1) is 0 Å². The maximum absolute atomic E-state index is 5.88. The van der Waals surface area contributed by atoms with Gasteiger partial charge in [0, 0.05) is 29.1 Å². The highest BCUT2D eigenvalue weighted by Crippen LogP contribution is 2.49. The third kappa shape index (κ3) is 1.15. The lowest BCUT2D eigenvalue weighted by Crippen LogP contribution is -2.19. The zero-order valence-electron chi connectivity index (χ0n) is 9.01. The molecule has 0 spiro atoms. The van der Waals surface area contributed by atoms with E-state index in [9.17, 15) is 0 Å². The average molecular weight is 200 g/mol. The minimum absolute atomic E-state index is 0.284. The van der Waals surface area contributed by atoms with Crippen molar-refractivity contribution in [3.63, 3.8) is 0 Å². The molecule has 1 aliphatic carbocycles. The highest BCUT2D eigenvalue weighted by molar-refractivity contribution is 5.87. The Morgan fingerprint density at radius 2 is 2.20 bits per heavy atom. The van der Waals surface area contributed by atoms with Crippen LogP contribution in [0.15, 0.2) is 24.4 Å². The number of aryl methyl sites for hydroxylation is 1. The molecule has 1 heterocycles. The lowest BCUT2D eigenvalue weighted by Gasteiger charge is -2.10. The number of nitrogens with one attached hydrogen (secondary N) is 1. The third-order valence-electron chi connectivity index (χ3n) is 3.74. The topological polar surface area (TPSA) is 41.8 Å². The van der Waals surface area contributed by atoms with Crippen molar-refractivity contribution in [1.82, 2.24) is 4.98 Å². The smallest absolute Gasteiger partial charge is 0.0486 e. The number of para-hydroxylation sites is 1. The van der Waals surface area contributed by atoms with Gasteiger partial charge in [-0.2, -0.15) is 0 Å². The summed E-state index contributed by atoms with van der Waals surface area (Å²) >= 11 is 0. The monoisotopic (exact) mass is 200 g/mol. The summed E-state index contributed by atoms with van der Waals surface area (Å²) in [5, 5.41) is 1.36. The number of aromatic nitrogens is 1. The van der Waals surface area contributed by atoms with Crippen LogP contribution in [0.25, 0.3) is 10.9 Å². The van der Waals surface area contributed by atoms with Gasteiger partial charge in [-0.1, -0.05) is 18.2 Å². The number of rotatable bonds is 2. The Hall–Kier alpha value is -1.28. The van der Waals surface area contributed by atoms with Gasteiger partial charge in [-0.05, 0) is 30.9 Å². The normalized spacial score (nSPS) is 18.3. The maximum Gasteiger partial charge on any atom is 0.0486 e. The molecule has 1 aliphatic rings. The molecule has 1 aromatic carbocycles. The Kier molecular flexibility index (Phi) is 1.71. The highest BCUT2D eigenvalue weighted by Gasteiger charge is 2.44. The summed E-state index contributed by atoms with van der Waals surface area (Å²) in [6.45, 7) is 2.92. The lowest BCUT2D eigenvalue weighted by atomic mass is 9.95. The van der Waals surface area contributed by atoms with E-state index in [0.717, 1.165) is 6.54 Å². The zero-order chi connectivity index (χ0) is 10.5. The van der Waals surface area contributed by atoms with E-state index in [1.807, 2.05) is 0 Å². The number of hydrogen-bond acceptors (Lipinski definition) is 1. The van der Waals surface area contributed by atoms with E-state index in [-0.39, 0.29) is 5.41 Å². The zero-order valence-corrected chi connectivity index (χ0v) is 9.01. The van der Waals surface area contributed by atoms with Gasteiger partial charge in [0.1, 0.15) is 0 Å². The summed E-state index contributed by atoms with van der Waals surface area (Å²) < 4.78 is 0. The highest BCUT2D eigenvalue weighted by atomic mass is 14.7. The standard InChI is InChI=1S/C13H16N2/c1-9-3-2-4-10-11(7-15-12(9)10)13(8-14)5-6-13/h2-4,7,15H,5-6,8,14H2,1H3. The Labute approximate surface area is 89.5 Å². The SMILES string of the molecule is Cc1cccc2c(C3(CN)CC3)c[nH]c12. The number of aromatic amines is 1. The van der Waals surface area contributed by atoms with Crippen molar-refractivity contribution in [2.24, 2.45) is 5.73 Å². The van der Waals surface area contributed by atoms with Crippen molar-refractivity contribution < 1.29 is 0 Å². The summed E-state index contributed by atoms with van der Waals surface area (Å²) in [6, 6.07) is 6.47. The van der Waals surface area contributed by atoms with E-state index < -0.39 is 0 Å². The van der Waals surface area contributed by atoms with Crippen molar-refractivity contribution in [3.8, 4) is 0 Å². The van der Waals surface area contributed by atoms with Crippen molar-refractivity contribution in [3.05, 3.63) is 35.5 Å². The molecule has 1 fully saturated rings. The quantitative estimate of drug-likeness (QED) is 0.768. The van der Waals surface area contributed by atoms with Gasteiger partial charge in [0.2, 0.25) is 0 Å². The van der Waals surface area contributed by atoms with Gasteiger partial charge in [0.05, 0.1) is 0 Å². The molecule has 0 saturated heterocycles. The van der Waals surface area contributed by atoms with Gasteiger partial charge < -0.3 is 10.7 Å². The second-order valence-corrected chi connectivity index (χ2v) is 4.68. The van der Waals surface area contributed by atoms with Gasteiger partial charge in [-0.25, -0.2) is 0 Å². The maximum atomic E-state index is 5.88. The number of benzene rings is 1. The predicted molar refractivity (Wildman–Crippen MR) is 63.0 cm³/mol. The van der Waals surface area contributed by atoms with Crippen molar-refractivity contribution in [2.45, 2.75) is 25.2 Å². The van der Waals surface area contributed by atoms with E-state index >= 15 is 0 Å². The number of H-pyrrole nitrogens is 1. The molecular weight excluding hydrogens is 184 g/mol. The average Bonchev–Trinajstić information content (AvgIpc) is 2.92. The van der Waals surface area contributed by atoms with E-state index in [0.29, 0.717) is 0 Å². The van der Waals surface area contributed by atoms with E-state index in [1.165, 1.54) is 34.9 Å². The van der Waals surface area contributed by atoms with Crippen molar-refractivity contribution in [1.29, 1.82) is 0 Å². The molecule has 0 unspecified atom stereocenters. The first-order valence-corrected chi connectivity index (χ1v) is 5.54. The first kappa shape index (κ1) is 8.98. The summed E-state index contributed by atoms with van der Waals surface area (Å²) in [5.74, 6) is 0. The molecule has 15 heavy (non-hydrogen) atoms. The predicted octanol–water partition coefficient (Wildman–Crippen LogP) is 2.47. The van der Waals surface area contributed by atoms with Crippen molar-refractivity contribution >= 4 is 10.9 Å². The molecule has 0 atom stereocenters. The number of fused-ring (bicyclic) bond motifs is 1. The van der Waals surface area contributed by atoms with Crippen LogP contribution in [0.5, 0.6) is 0 Å². The molecule has 1 saturated carbocycles. The van der Waals surface area contributed by atoms with Crippen LogP contribution in [0.1, 0.15) is 24.0 Å². The van der Waals surface area contributed by atoms with Crippen LogP contribution in [-0.2, 0) is 5.41 Å². The van der Waals surface area contributed by atoms with Crippen LogP contribution in [0.2, 0.25) is 0 Å². The summed E-state index contributed by atoms with van der Waals surface area (Å²) in [4.78, 5) is 3.38. The fourth-order valence-corrected chi connectivity index (χ4v) is 2.48. The number of nitrogens with two attached hydrogens (primary N) is 1. The largest absolute Gasteiger partial charge is 0.361 e. The Balaban J connectivity index is 2.25. The molecule has 78 valence electrons. The summed E-state index contributed by atoms with van der Waals surface area (Å²) in [6.07, 6.45) is 4.63. The molecule has 1 aromatic heterocycles. The van der Waals surface area contributed by atoms with Gasteiger partial charge in [-0.3, -0.25) is 0 Å². The lowest BCUT2D eigenvalue weighted by molar-refractivity contribution is 0.711. The fourth-order valence-electron chi connectivity index (χ4n) is 2.48. The van der Waals surface area contributed by atoms with Crippen LogP contribution < -0.4 is 5.73 Å². The van der Waals surface area contributed by atoms with Crippen LogP contribution in [0.4, 0.5) is 0 Å². The van der Waals surface area contributed by atoms with E-state index in [1.54, 1.807) is 0 Å². The Morgan fingerprint density at radius 3 is 2.87 bits per heavy atom. The Bertz CT molecular complexity index is 506. The third-order valence-corrected chi connectivity index (χ3v) is 3.74. The van der Waals surface area contributed by atoms with Crippen LogP contribution >= 0.6 is 0 Å². The first-order chi connectivity index (χ1) is 7.27. The van der Waals surface area contributed by atoms with Crippen LogP contribution in [-0.4, -0.2) is 11.5 Å². The summed E-state index contributed by atoms with van der Waals surface area (Å²) in [7, 11) is 0. The van der Waals surface area contributed by atoms with E-state index in [4.69, 9.17) is 5.73 Å². The van der Waals surface area contributed by atoms with E-state index in [2.05, 4.69) is 36.3 Å². The summed E-state index contributed by atoms with van der Waals surface area (Å²) in [5.41, 5.74) is 10.2. The molecule has 0 bridgehead atoms. The second kappa shape index (κ2) is 2.86. The van der Waals surface area contributed by atoms with Crippen LogP contribution in [0.3, 0.4) is 0 Å². The van der Waals surface area contributed by atoms with Gasteiger partial charge in [0.25, 0.3) is 0 Å². The first-order valence-electron chi connectivity index (χ1n) is 5.54. The fraction of sp³-hybridized carbons (Fsp3) is 0.385. The van der Waals surface area contributed by atoms with Crippen LogP contribution in [0, 0.1) is 6.92 Å². The van der Waals surface area contributed by atoms with Crippen molar-refractivity contribution in [2.75, 3.05) is 6.54 Å². The van der Waals surface area contributed by atoms with Gasteiger partial charge >= 0.3 is 0 Å². The minimum atomic E-state index is 0.284. The molecule has 0 amide bonds. The Morgan fingerprint density at radius 1 is 1.40 bits per heavy atom. The molecule has 2 nitrogen and oxygen atoms in total. The molecule has 3 N–H and O–H groups in total. The molecule has 3 rings (SSSR count). The molecule has 0 radical (unpaired) electrons.